The van der Waals surface area contributed by atoms with Gasteiger partial charge in [-0.05, 0) is 49.9 Å². The molecule has 1 saturated heterocycles. The van der Waals surface area contributed by atoms with Gasteiger partial charge < -0.3 is 10.3 Å². The minimum atomic E-state index is -0.294. The lowest BCUT2D eigenvalue weighted by Crippen LogP contribution is -2.40. The molecule has 2 N–H and O–H groups in total. The fourth-order valence-corrected chi connectivity index (χ4v) is 4.41. The third-order valence-corrected chi connectivity index (χ3v) is 6.10. The Labute approximate surface area is 158 Å². The molecule has 142 valence electrons. The summed E-state index contributed by atoms with van der Waals surface area (Å²) in [6.45, 7) is 4.32. The number of hydrogen-bond acceptors (Lipinski definition) is 3. The molecule has 1 aromatic heterocycles. The molecular formula is C21H25N3O3. The number of aromatic amines is 1. The Balaban J connectivity index is 1.39. The maximum atomic E-state index is 12.5. The number of nitrogens with one attached hydrogen (secondary N) is 2. The van der Waals surface area contributed by atoms with Crippen molar-refractivity contribution in [2.24, 2.45) is 11.8 Å². The quantitative estimate of drug-likeness (QED) is 0.815. The molecule has 1 saturated carbocycles. The van der Waals surface area contributed by atoms with Crippen LogP contribution in [0.1, 0.15) is 42.5 Å². The summed E-state index contributed by atoms with van der Waals surface area (Å²) >= 11 is 0. The monoisotopic (exact) mass is 367 g/mol. The molecule has 27 heavy (non-hydrogen) atoms. The van der Waals surface area contributed by atoms with Gasteiger partial charge in [-0.1, -0.05) is 18.9 Å². The maximum absolute atomic E-state index is 12.5. The summed E-state index contributed by atoms with van der Waals surface area (Å²) in [5.74, 6) is -1.04. The van der Waals surface area contributed by atoms with Crippen molar-refractivity contribution in [1.82, 2.24) is 15.2 Å². The molecule has 6 nitrogen and oxygen atoms in total. The molecule has 0 bridgehead atoms. The van der Waals surface area contributed by atoms with Gasteiger partial charge in [0, 0.05) is 23.1 Å². The van der Waals surface area contributed by atoms with E-state index >= 15 is 0 Å². The molecular weight excluding hydrogens is 342 g/mol. The summed E-state index contributed by atoms with van der Waals surface area (Å²) in [5.41, 5.74) is 4.41. The second-order valence-electron chi connectivity index (χ2n) is 7.79. The fourth-order valence-electron chi connectivity index (χ4n) is 4.41. The first-order valence-corrected chi connectivity index (χ1v) is 9.65. The summed E-state index contributed by atoms with van der Waals surface area (Å²) in [6.07, 6.45) is 3.51. The molecule has 0 spiro atoms. The molecule has 2 fully saturated rings. The number of amides is 3. The van der Waals surface area contributed by atoms with Gasteiger partial charge in [-0.25, -0.2) is 0 Å². The highest BCUT2D eigenvalue weighted by atomic mass is 16.2. The number of rotatable bonds is 4. The molecule has 2 aromatic rings. The summed E-state index contributed by atoms with van der Waals surface area (Å²) in [4.78, 5) is 41.8. The highest BCUT2D eigenvalue weighted by Crippen LogP contribution is 2.37. The van der Waals surface area contributed by atoms with Gasteiger partial charge in [-0.2, -0.15) is 0 Å². The van der Waals surface area contributed by atoms with E-state index in [9.17, 15) is 14.4 Å². The molecule has 2 aliphatic rings. The van der Waals surface area contributed by atoms with Crippen molar-refractivity contribution in [2.75, 3.05) is 6.54 Å². The Hall–Kier alpha value is -2.63. The predicted octanol–water partition coefficient (Wildman–Crippen LogP) is 2.58. The smallest absolute Gasteiger partial charge is 0.240 e. The van der Waals surface area contributed by atoms with Crippen LogP contribution in [0.3, 0.4) is 0 Å². The molecule has 4 rings (SSSR count). The molecule has 0 radical (unpaired) electrons. The summed E-state index contributed by atoms with van der Waals surface area (Å²) in [6, 6.07) is 6.04. The minimum Gasteiger partial charge on any atom is -0.358 e. The van der Waals surface area contributed by atoms with Crippen LogP contribution in [0.15, 0.2) is 18.2 Å². The first-order valence-electron chi connectivity index (χ1n) is 9.65. The zero-order valence-corrected chi connectivity index (χ0v) is 15.8. The van der Waals surface area contributed by atoms with E-state index in [1.165, 1.54) is 10.5 Å². The van der Waals surface area contributed by atoms with Crippen LogP contribution in [0, 0.1) is 25.7 Å². The maximum Gasteiger partial charge on any atom is 0.240 e. The molecule has 3 amide bonds. The van der Waals surface area contributed by atoms with Crippen molar-refractivity contribution in [1.29, 1.82) is 0 Å². The molecule has 0 unspecified atom stereocenters. The van der Waals surface area contributed by atoms with Gasteiger partial charge in [0.15, 0.2) is 0 Å². The highest BCUT2D eigenvalue weighted by Gasteiger charge is 2.48. The first-order chi connectivity index (χ1) is 13.0. The fraction of sp³-hybridized carbons (Fsp3) is 0.476. The second-order valence-corrected chi connectivity index (χ2v) is 7.79. The molecule has 1 aliphatic heterocycles. The Morgan fingerprint density at radius 3 is 2.48 bits per heavy atom. The van der Waals surface area contributed by atoms with E-state index in [0.29, 0.717) is 6.54 Å². The van der Waals surface area contributed by atoms with Gasteiger partial charge >= 0.3 is 0 Å². The number of carbonyl (C=O) groups is 3. The van der Waals surface area contributed by atoms with E-state index in [0.717, 1.165) is 47.8 Å². The molecule has 1 aliphatic carbocycles. The van der Waals surface area contributed by atoms with Crippen molar-refractivity contribution in [3.05, 3.63) is 35.0 Å². The average molecular weight is 367 g/mol. The number of fused-ring (bicyclic) bond motifs is 2. The third-order valence-electron chi connectivity index (χ3n) is 6.10. The largest absolute Gasteiger partial charge is 0.358 e. The van der Waals surface area contributed by atoms with Gasteiger partial charge in [0.1, 0.15) is 6.54 Å². The SMILES string of the molecule is Cc1[nH]c2ccc(CNC(=O)CN3C(=O)[C@H]4CCCC[C@@H]4C3=O)cc2c1C. The Kier molecular flexibility index (Phi) is 4.50. The van der Waals surface area contributed by atoms with Crippen LogP contribution in [0.5, 0.6) is 0 Å². The zero-order chi connectivity index (χ0) is 19.1. The van der Waals surface area contributed by atoms with Gasteiger partial charge in [-0.3, -0.25) is 19.3 Å². The topological polar surface area (TPSA) is 82.3 Å². The predicted molar refractivity (Wildman–Crippen MR) is 102 cm³/mol. The molecule has 6 heteroatoms. The number of aryl methyl sites for hydroxylation is 2. The number of carbonyl (C=O) groups excluding carboxylic acids is 3. The second kappa shape index (κ2) is 6.83. The van der Waals surface area contributed by atoms with E-state index in [-0.39, 0.29) is 36.1 Å². The summed E-state index contributed by atoms with van der Waals surface area (Å²) in [5, 5.41) is 3.99. The van der Waals surface area contributed by atoms with Crippen molar-refractivity contribution in [2.45, 2.75) is 46.1 Å². The van der Waals surface area contributed by atoms with Crippen LogP contribution in [-0.4, -0.2) is 34.2 Å². The average Bonchev–Trinajstić information content (AvgIpc) is 3.09. The van der Waals surface area contributed by atoms with E-state index in [1.54, 1.807) is 0 Å². The molecule has 2 atom stereocenters. The van der Waals surface area contributed by atoms with Crippen LogP contribution >= 0.6 is 0 Å². The molecule has 1 aromatic carbocycles. The van der Waals surface area contributed by atoms with Gasteiger partial charge in [-0.15, -0.1) is 0 Å². The zero-order valence-electron chi connectivity index (χ0n) is 15.8. The van der Waals surface area contributed by atoms with Crippen LogP contribution < -0.4 is 5.32 Å². The number of likely N-dealkylation sites (tertiary alicyclic amines) is 1. The van der Waals surface area contributed by atoms with Crippen molar-refractivity contribution in [3.8, 4) is 0 Å². The normalized spacial score (nSPS) is 22.4. The summed E-state index contributed by atoms with van der Waals surface area (Å²) < 4.78 is 0. The van der Waals surface area contributed by atoms with Crippen molar-refractivity contribution in [3.63, 3.8) is 0 Å². The lowest BCUT2D eigenvalue weighted by Gasteiger charge is -2.19. The van der Waals surface area contributed by atoms with Crippen LogP contribution in [0.2, 0.25) is 0 Å². The Morgan fingerprint density at radius 2 is 1.81 bits per heavy atom. The number of H-pyrrole nitrogens is 1. The van der Waals surface area contributed by atoms with Crippen LogP contribution in [-0.2, 0) is 20.9 Å². The number of benzene rings is 1. The van der Waals surface area contributed by atoms with Crippen molar-refractivity contribution >= 4 is 28.6 Å². The van der Waals surface area contributed by atoms with Gasteiger partial charge in [0.2, 0.25) is 17.7 Å². The van der Waals surface area contributed by atoms with Gasteiger partial charge in [0.05, 0.1) is 11.8 Å². The third kappa shape index (κ3) is 3.13. The van der Waals surface area contributed by atoms with E-state index in [1.807, 2.05) is 19.1 Å². The number of nitrogens with zero attached hydrogens (tertiary/aromatic N) is 1. The Morgan fingerprint density at radius 1 is 1.15 bits per heavy atom. The van der Waals surface area contributed by atoms with Crippen LogP contribution in [0.25, 0.3) is 10.9 Å². The number of imide groups is 1. The van der Waals surface area contributed by atoms with E-state index < -0.39 is 0 Å². The summed E-state index contributed by atoms with van der Waals surface area (Å²) in [7, 11) is 0. The lowest BCUT2D eigenvalue weighted by molar-refractivity contribution is -0.143. The standard InChI is InChI=1S/C21H25N3O3/c1-12-13(2)23-18-8-7-14(9-17(12)18)10-22-19(25)11-24-20(26)15-5-3-4-6-16(15)21(24)27/h7-9,15-16,23H,3-6,10-11H2,1-2H3,(H,22,25)/t15-,16-/m0/s1. The minimum absolute atomic E-state index is 0.167. The van der Waals surface area contributed by atoms with E-state index in [4.69, 9.17) is 0 Å². The number of aromatic nitrogens is 1. The lowest BCUT2D eigenvalue weighted by atomic mass is 9.81. The van der Waals surface area contributed by atoms with Crippen molar-refractivity contribution < 1.29 is 14.4 Å². The highest BCUT2D eigenvalue weighted by molar-refractivity contribution is 6.07. The van der Waals surface area contributed by atoms with Gasteiger partial charge in [0.25, 0.3) is 0 Å². The molecule has 2 heterocycles. The van der Waals surface area contributed by atoms with Crippen LogP contribution in [0.4, 0.5) is 0 Å². The Bertz CT molecular complexity index is 906. The first kappa shape index (κ1) is 17.8. The van der Waals surface area contributed by atoms with E-state index in [2.05, 4.69) is 23.3 Å². The number of hydrogen-bond donors (Lipinski definition) is 2.